The molecule has 176 valence electrons. The van der Waals surface area contributed by atoms with E-state index >= 15 is 0 Å². The molecule has 3 aromatic rings. The number of hydrogen-bond acceptors (Lipinski definition) is 5. The highest BCUT2D eigenvalue weighted by Crippen LogP contribution is 2.32. The third-order valence-electron chi connectivity index (χ3n) is 4.14. The van der Waals surface area contributed by atoms with Crippen LogP contribution in [0.2, 0.25) is 0 Å². The molecule has 0 fully saturated rings. The van der Waals surface area contributed by atoms with Gasteiger partial charge in [-0.15, -0.1) is 5.10 Å². The molecule has 7 nitrogen and oxygen atoms in total. The van der Waals surface area contributed by atoms with Gasteiger partial charge in [0.25, 0.3) is 12.3 Å². The monoisotopic (exact) mass is 597 g/mol. The van der Waals surface area contributed by atoms with Crippen LogP contribution in [0.5, 0.6) is 5.75 Å². The van der Waals surface area contributed by atoms with Crippen molar-refractivity contribution in [1.82, 2.24) is 25.1 Å². The molecule has 0 saturated heterocycles. The second-order valence-electron chi connectivity index (χ2n) is 6.63. The van der Waals surface area contributed by atoms with Crippen LogP contribution in [-0.4, -0.2) is 38.7 Å². The first-order valence-electron chi connectivity index (χ1n) is 9.12. The maximum atomic E-state index is 13.1. The normalized spacial score (nSPS) is 12.6. The van der Waals surface area contributed by atoms with Crippen LogP contribution in [0.4, 0.5) is 22.0 Å². The van der Waals surface area contributed by atoms with E-state index in [0.29, 0.717) is 0 Å². The zero-order valence-electron chi connectivity index (χ0n) is 16.6. The van der Waals surface area contributed by atoms with Crippen LogP contribution in [0, 0.1) is 0 Å². The first kappa shape index (κ1) is 25.0. The van der Waals surface area contributed by atoms with Crippen molar-refractivity contribution in [2.75, 3.05) is 6.61 Å². The molecule has 1 amide bonds. The van der Waals surface area contributed by atoms with Gasteiger partial charge in [-0.2, -0.15) is 17.9 Å². The minimum atomic E-state index is -4.62. The Bertz CT molecular complexity index is 1140. The molecule has 0 aliphatic carbocycles. The fourth-order valence-corrected chi connectivity index (χ4v) is 3.55. The molecule has 1 N–H and O–H groups in total. The van der Waals surface area contributed by atoms with E-state index in [2.05, 4.69) is 52.2 Å². The summed E-state index contributed by atoms with van der Waals surface area (Å²) in [4.78, 5) is 20.9. The minimum Gasteiger partial charge on any atom is -0.486 e. The summed E-state index contributed by atoms with van der Waals surface area (Å²) in [6.07, 6.45) is -6.03. The van der Waals surface area contributed by atoms with Gasteiger partial charge in [-0.1, -0.05) is 15.9 Å². The summed E-state index contributed by atoms with van der Waals surface area (Å²) >= 11 is 6.12. The number of alkyl halides is 5. The molecule has 3 rings (SSSR count). The number of benzene rings is 1. The van der Waals surface area contributed by atoms with Gasteiger partial charge < -0.3 is 10.1 Å². The summed E-state index contributed by atoms with van der Waals surface area (Å²) in [5, 5.41) is 6.72. The van der Waals surface area contributed by atoms with Gasteiger partial charge in [0.2, 0.25) is 4.73 Å². The Morgan fingerprint density at radius 3 is 2.55 bits per heavy atom. The van der Waals surface area contributed by atoms with Crippen LogP contribution in [0.3, 0.4) is 0 Å². The molecule has 2 aromatic heterocycles. The summed E-state index contributed by atoms with van der Waals surface area (Å²) in [7, 11) is 0. The lowest BCUT2D eigenvalue weighted by Crippen LogP contribution is -2.29. The molecule has 33 heavy (non-hydrogen) atoms. The highest BCUT2D eigenvalue weighted by Gasteiger charge is 2.32. The third-order valence-corrected chi connectivity index (χ3v) is 4.94. The molecule has 14 heteroatoms. The number of hydrogen-bond donors (Lipinski definition) is 1. The average molecular weight is 599 g/mol. The number of pyridine rings is 1. The zero-order valence-corrected chi connectivity index (χ0v) is 19.7. The third kappa shape index (κ3) is 6.47. The van der Waals surface area contributed by atoms with E-state index in [1.807, 2.05) is 0 Å². The Labute approximate surface area is 200 Å². The standard InChI is InChI=1S/C19H14Br2F5N5O2/c1-9(28-17(32)10-4-11(19(24,25)26)6-12(20)5-10)16-29-18(21)30-31(16)15-3-2-13(7-27-15)33-8-14(22)23/h2-7,9,14H,8H2,1H3,(H,28,32). The quantitative estimate of drug-likeness (QED) is 0.371. The van der Waals surface area contributed by atoms with E-state index in [4.69, 9.17) is 4.74 Å². The van der Waals surface area contributed by atoms with E-state index in [1.54, 1.807) is 6.92 Å². The van der Waals surface area contributed by atoms with Crippen molar-refractivity contribution in [2.45, 2.75) is 25.6 Å². The van der Waals surface area contributed by atoms with Crippen molar-refractivity contribution >= 4 is 37.8 Å². The Balaban J connectivity index is 1.81. The molecular formula is C19H14Br2F5N5O2. The Morgan fingerprint density at radius 1 is 1.21 bits per heavy atom. The summed E-state index contributed by atoms with van der Waals surface area (Å²) in [5.41, 5.74) is -1.17. The number of aromatic nitrogens is 4. The van der Waals surface area contributed by atoms with Gasteiger partial charge >= 0.3 is 6.18 Å². The molecule has 0 spiro atoms. The molecule has 1 aromatic carbocycles. The first-order chi connectivity index (χ1) is 15.4. The van der Waals surface area contributed by atoms with Gasteiger partial charge in [0, 0.05) is 10.0 Å². The summed E-state index contributed by atoms with van der Waals surface area (Å²) in [6, 6.07) is 4.94. The molecule has 0 aliphatic rings. The van der Waals surface area contributed by atoms with Gasteiger partial charge in [-0.25, -0.2) is 18.7 Å². The first-order valence-corrected chi connectivity index (χ1v) is 10.7. The van der Waals surface area contributed by atoms with Crippen molar-refractivity contribution in [3.63, 3.8) is 0 Å². The van der Waals surface area contributed by atoms with E-state index in [0.717, 1.165) is 12.1 Å². The number of ether oxygens (including phenoxy) is 1. The van der Waals surface area contributed by atoms with Crippen LogP contribution in [0.25, 0.3) is 5.82 Å². The second kappa shape index (κ2) is 10.1. The zero-order chi connectivity index (χ0) is 24.3. The smallest absolute Gasteiger partial charge is 0.416 e. The maximum absolute atomic E-state index is 13.1. The molecule has 0 aliphatic heterocycles. The molecule has 1 unspecified atom stereocenters. The highest BCUT2D eigenvalue weighted by atomic mass is 79.9. The van der Waals surface area contributed by atoms with E-state index < -0.39 is 36.7 Å². The largest absolute Gasteiger partial charge is 0.486 e. The molecule has 0 radical (unpaired) electrons. The maximum Gasteiger partial charge on any atom is 0.416 e. The number of nitrogens with one attached hydrogen (secondary N) is 1. The predicted molar refractivity (Wildman–Crippen MR) is 113 cm³/mol. The van der Waals surface area contributed by atoms with Gasteiger partial charge in [-0.3, -0.25) is 4.79 Å². The van der Waals surface area contributed by atoms with Crippen LogP contribution in [0.15, 0.2) is 45.7 Å². The summed E-state index contributed by atoms with van der Waals surface area (Å²) < 4.78 is 70.2. The van der Waals surface area contributed by atoms with Gasteiger partial charge in [0.15, 0.2) is 11.6 Å². The van der Waals surface area contributed by atoms with E-state index in [1.165, 1.54) is 29.1 Å². The highest BCUT2D eigenvalue weighted by molar-refractivity contribution is 9.10. The Kier molecular flexibility index (Phi) is 7.67. The average Bonchev–Trinajstić information content (AvgIpc) is 3.13. The van der Waals surface area contributed by atoms with Crippen LogP contribution < -0.4 is 10.1 Å². The fraction of sp³-hybridized carbons (Fsp3) is 0.263. The van der Waals surface area contributed by atoms with Gasteiger partial charge in [-0.05, 0) is 53.2 Å². The number of carbonyl (C=O) groups excluding carboxylic acids is 1. The molecule has 1 atom stereocenters. The van der Waals surface area contributed by atoms with Gasteiger partial charge in [0.05, 0.1) is 17.8 Å². The van der Waals surface area contributed by atoms with Crippen molar-refractivity contribution in [2.24, 2.45) is 0 Å². The second-order valence-corrected chi connectivity index (χ2v) is 8.25. The van der Waals surface area contributed by atoms with Crippen LogP contribution in [-0.2, 0) is 6.18 Å². The SMILES string of the molecule is CC(NC(=O)c1cc(Br)cc(C(F)(F)F)c1)c1nc(Br)nn1-c1ccc(OCC(F)F)cn1. The fourth-order valence-electron chi connectivity index (χ4n) is 2.72. The molecular weight excluding hydrogens is 585 g/mol. The lowest BCUT2D eigenvalue weighted by molar-refractivity contribution is -0.137. The van der Waals surface area contributed by atoms with E-state index in [9.17, 15) is 26.7 Å². The predicted octanol–water partition coefficient (Wildman–Crippen LogP) is 5.34. The Hall–Kier alpha value is -2.61. The summed E-state index contributed by atoms with van der Waals surface area (Å²) in [6.45, 7) is 0.781. The molecule has 0 saturated carbocycles. The Morgan fingerprint density at radius 2 is 1.94 bits per heavy atom. The number of amides is 1. The lowest BCUT2D eigenvalue weighted by atomic mass is 10.1. The van der Waals surface area contributed by atoms with Crippen molar-refractivity contribution < 1.29 is 31.5 Å². The number of nitrogens with zero attached hydrogens (tertiary/aromatic N) is 4. The van der Waals surface area contributed by atoms with Crippen molar-refractivity contribution in [3.8, 4) is 11.6 Å². The van der Waals surface area contributed by atoms with Crippen LogP contribution in [0.1, 0.15) is 34.7 Å². The van der Waals surface area contributed by atoms with Crippen molar-refractivity contribution in [3.05, 3.63) is 62.7 Å². The lowest BCUT2D eigenvalue weighted by Gasteiger charge is -2.15. The minimum absolute atomic E-state index is 0.0967. The van der Waals surface area contributed by atoms with Gasteiger partial charge in [0.1, 0.15) is 12.4 Å². The molecule has 2 heterocycles. The van der Waals surface area contributed by atoms with Crippen LogP contribution >= 0.6 is 31.9 Å². The number of rotatable bonds is 7. The topological polar surface area (TPSA) is 81.9 Å². The number of halogens is 7. The molecule has 0 bridgehead atoms. The van der Waals surface area contributed by atoms with Crippen molar-refractivity contribution in [1.29, 1.82) is 0 Å². The number of carbonyl (C=O) groups is 1. The summed E-state index contributed by atoms with van der Waals surface area (Å²) in [5.74, 6) is -0.176. The van der Waals surface area contributed by atoms with E-state index in [-0.39, 0.29) is 32.2 Å².